The highest BCUT2D eigenvalue weighted by Gasteiger charge is 1.98. The van der Waals surface area contributed by atoms with Crippen LogP contribution in [0.1, 0.15) is 12.8 Å². The molecule has 0 amide bonds. The molecule has 0 N–H and O–H groups in total. The Morgan fingerprint density at radius 1 is 1.07 bits per heavy atom. The Morgan fingerprint density at radius 2 is 1.93 bits per heavy atom. The van der Waals surface area contributed by atoms with Crippen molar-refractivity contribution in [3.63, 3.8) is 0 Å². The summed E-state index contributed by atoms with van der Waals surface area (Å²) in [7, 11) is 0. The van der Waals surface area contributed by atoms with Crippen LogP contribution in [0.15, 0.2) is 36.5 Å². The summed E-state index contributed by atoms with van der Waals surface area (Å²) in [6.45, 7) is 1.15. The maximum Gasteiger partial charge on any atom is 0.0480 e. The highest BCUT2D eigenvalue weighted by Crippen LogP contribution is 2.15. The first-order valence-corrected chi connectivity index (χ1v) is 6.54. The number of hydrogen-bond donors (Lipinski definition) is 0. The summed E-state index contributed by atoms with van der Waals surface area (Å²) in [5.74, 6) is 0. The minimum Gasteiger partial charge on any atom is -0.347 e. The Kier molecular flexibility index (Phi) is 3.45. The van der Waals surface area contributed by atoms with Gasteiger partial charge in [-0.25, -0.2) is 0 Å². The predicted octanol–water partition coefficient (Wildman–Crippen LogP) is 3.86. The monoisotopic (exact) mass is 299 g/mol. The molecule has 0 fully saturated rings. The number of aromatic nitrogens is 1. The lowest BCUT2D eigenvalue weighted by Gasteiger charge is -2.03. The highest BCUT2D eigenvalue weighted by atomic mass is 127. The van der Waals surface area contributed by atoms with Gasteiger partial charge in [0, 0.05) is 18.3 Å². The van der Waals surface area contributed by atoms with Crippen molar-refractivity contribution in [2.45, 2.75) is 19.4 Å². The van der Waals surface area contributed by atoms with Gasteiger partial charge in [-0.2, -0.15) is 0 Å². The molecule has 0 aliphatic rings. The zero-order valence-corrected chi connectivity index (χ0v) is 10.3. The van der Waals surface area contributed by atoms with Crippen molar-refractivity contribution in [1.82, 2.24) is 4.57 Å². The van der Waals surface area contributed by atoms with E-state index in [0.29, 0.717) is 0 Å². The molecule has 2 heteroatoms. The van der Waals surface area contributed by atoms with Crippen molar-refractivity contribution in [2.75, 3.05) is 4.43 Å². The molecular weight excluding hydrogens is 285 g/mol. The van der Waals surface area contributed by atoms with Gasteiger partial charge in [-0.15, -0.1) is 0 Å². The van der Waals surface area contributed by atoms with Gasteiger partial charge < -0.3 is 4.57 Å². The highest BCUT2D eigenvalue weighted by molar-refractivity contribution is 14.1. The smallest absolute Gasteiger partial charge is 0.0480 e. The molecule has 0 bridgehead atoms. The van der Waals surface area contributed by atoms with Crippen LogP contribution >= 0.6 is 22.6 Å². The summed E-state index contributed by atoms with van der Waals surface area (Å²) in [5.41, 5.74) is 1.36. The van der Waals surface area contributed by atoms with E-state index in [0.717, 1.165) is 6.54 Å². The molecule has 74 valence electrons. The standard InChI is InChI=1S/C12H14IN/c13-8-3-4-9-14-10-7-11-5-1-2-6-12(11)14/h1-2,5-7,10H,3-4,8-9H2. The topological polar surface area (TPSA) is 4.93 Å². The Bertz CT molecular complexity index is 405. The molecule has 1 aromatic heterocycles. The van der Waals surface area contributed by atoms with Gasteiger partial charge in [0.1, 0.15) is 0 Å². The van der Waals surface area contributed by atoms with E-state index in [1.54, 1.807) is 0 Å². The third kappa shape index (κ3) is 2.11. The first-order chi connectivity index (χ1) is 6.92. The molecule has 14 heavy (non-hydrogen) atoms. The zero-order chi connectivity index (χ0) is 9.80. The molecule has 2 rings (SSSR count). The van der Waals surface area contributed by atoms with Crippen LogP contribution in [0.5, 0.6) is 0 Å². The van der Waals surface area contributed by atoms with Crippen molar-refractivity contribution < 1.29 is 0 Å². The van der Waals surface area contributed by atoms with E-state index < -0.39 is 0 Å². The van der Waals surface area contributed by atoms with Gasteiger partial charge >= 0.3 is 0 Å². The summed E-state index contributed by atoms with van der Waals surface area (Å²) in [5, 5.41) is 1.35. The quantitative estimate of drug-likeness (QED) is 0.459. The minimum absolute atomic E-state index is 1.15. The Labute approximate surface area is 98.3 Å². The second-order valence-corrected chi connectivity index (χ2v) is 4.54. The van der Waals surface area contributed by atoms with Gasteiger partial charge in [0.15, 0.2) is 0 Å². The molecule has 0 radical (unpaired) electrons. The van der Waals surface area contributed by atoms with Gasteiger partial charge in [0.2, 0.25) is 0 Å². The fraction of sp³-hybridized carbons (Fsp3) is 0.333. The fourth-order valence-electron chi connectivity index (χ4n) is 1.71. The Balaban J connectivity index is 2.17. The molecule has 1 nitrogen and oxygen atoms in total. The number of aryl methyl sites for hydroxylation is 1. The molecule has 0 aliphatic heterocycles. The van der Waals surface area contributed by atoms with Crippen LogP contribution < -0.4 is 0 Å². The molecule has 2 aromatic rings. The van der Waals surface area contributed by atoms with Gasteiger partial charge in [-0.1, -0.05) is 40.8 Å². The Hall–Kier alpha value is -0.510. The maximum atomic E-state index is 2.44. The number of hydrogen-bond acceptors (Lipinski definition) is 0. The van der Waals surface area contributed by atoms with E-state index >= 15 is 0 Å². The number of nitrogens with zero attached hydrogens (tertiary/aromatic N) is 1. The fourth-order valence-corrected chi connectivity index (χ4v) is 2.25. The van der Waals surface area contributed by atoms with Crippen molar-refractivity contribution in [1.29, 1.82) is 0 Å². The lowest BCUT2D eigenvalue weighted by molar-refractivity contribution is 0.656. The van der Waals surface area contributed by atoms with Gasteiger partial charge in [0.25, 0.3) is 0 Å². The summed E-state index contributed by atoms with van der Waals surface area (Å²) >= 11 is 2.44. The van der Waals surface area contributed by atoms with Gasteiger partial charge in [0.05, 0.1) is 0 Å². The normalized spacial score (nSPS) is 10.9. The second kappa shape index (κ2) is 4.82. The zero-order valence-electron chi connectivity index (χ0n) is 8.12. The molecule has 1 aromatic carbocycles. The third-order valence-electron chi connectivity index (χ3n) is 2.46. The van der Waals surface area contributed by atoms with Crippen molar-refractivity contribution in [2.24, 2.45) is 0 Å². The first kappa shape index (κ1) is 10.0. The van der Waals surface area contributed by atoms with Gasteiger partial charge in [-0.05, 0) is 34.8 Å². The molecule has 0 atom stereocenters. The van der Waals surface area contributed by atoms with Crippen LogP contribution in [-0.2, 0) is 6.54 Å². The molecular formula is C12H14IN. The van der Waals surface area contributed by atoms with Crippen molar-refractivity contribution in [3.8, 4) is 0 Å². The van der Waals surface area contributed by atoms with Crippen LogP contribution in [-0.4, -0.2) is 8.99 Å². The van der Waals surface area contributed by atoms with Crippen LogP contribution in [0.25, 0.3) is 10.9 Å². The molecule has 1 heterocycles. The average Bonchev–Trinajstić information content (AvgIpc) is 2.63. The van der Waals surface area contributed by atoms with E-state index in [-0.39, 0.29) is 0 Å². The number of para-hydroxylation sites is 1. The lowest BCUT2D eigenvalue weighted by Crippen LogP contribution is -1.95. The first-order valence-electron chi connectivity index (χ1n) is 5.01. The summed E-state index contributed by atoms with van der Waals surface area (Å²) in [6.07, 6.45) is 4.78. The van der Waals surface area contributed by atoms with Gasteiger partial charge in [-0.3, -0.25) is 0 Å². The van der Waals surface area contributed by atoms with E-state index in [4.69, 9.17) is 0 Å². The van der Waals surface area contributed by atoms with Crippen LogP contribution in [0.4, 0.5) is 0 Å². The maximum absolute atomic E-state index is 2.44. The number of fused-ring (bicyclic) bond motifs is 1. The number of halogens is 1. The average molecular weight is 299 g/mol. The van der Waals surface area contributed by atoms with E-state index in [1.807, 2.05) is 0 Å². The van der Waals surface area contributed by atoms with Crippen LogP contribution in [0.3, 0.4) is 0 Å². The van der Waals surface area contributed by atoms with Crippen molar-refractivity contribution >= 4 is 33.5 Å². The predicted molar refractivity (Wildman–Crippen MR) is 70.1 cm³/mol. The number of benzene rings is 1. The second-order valence-electron chi connectivity index (χ2n) is 3.46. The molecule has 0 saturated carbocycles. The molecule has 0 spiro atoms. The van der Waals surface area contributed by atoms with E-state index in [1.165, 1.54) is 28.2 Å². The summed E-state index contributed by atoms with van der Waals surface area (Å²) < 4.78 is 3.61. The number of rotatable bonds is 4. The van der Waals surface area contributed by atoms with Crippen molar-refractivity contribution in [3.05, 3.63) is 36.5 Å². The SMILES string of the molecule is ICCCCn1ccc2ccccc21. The Morgan fingerprint density at radius 3 is 2.79 bits per heavy atom. The molecule has 0 unspecified atom stereocenters. The third-order valence-corrected chi connectivity index (χ3v) is 3.23. The molecule has 0 aliphatic carbocycles. The minimum atomic E-state index is 1.15. The van der Waals surface area contributed by atoms with E-state index in [9.17, 15) is 0 Å². The number of unbranched alkanes of at least 4 members (excludes halogenated alkanes) is 1. The van der Waals surface area contributed by atoms with Crippen LogP contribution in [0, 0.1) is 0 Å². The molecule has 0 saturated heterocycles. The van der Waals surface area contributed by atoms with E-state index in [2.05, 4.69) is 63.7 Å². The summed E-state index contributed by atoms with van der Waals surface area (Å²) in [6, 6.07) is 10.8. The van der Waals surface area contributed by atoms with Crippen LogP contribution in [0.2, 0.25) is 0 Å². The largest absolute Gasteiger partial charge is 0.347 e. The number of alkyl halides is 1. The summed E-state index contributed by atoms with van der Waals surface area (Å²) in [4.78, 5) is 0. The lowest BCUT2D eigenvalue weighted by atomic mass is 10.2.